The monoisotopic (exact) mass is 233 g/mol. The number of alkyl halides is 3. The van der Waals surface area contributed by atoms with Gasteiger partial charge in [0.1, 0.15) is 5.54 Å². The Kier molecular flexibility index (Phi) is 2.21. The van der Waals surface area contributed by atoms with Crippen molar-refractivity contribution in [1.29, 1.82) is 0 Å². The molecule has 0 radical (unpaired) electrons. The number of aromatic nitrogens is 2. The molecule has 0 bridgehead atoms. The van der Waals surface area contributed by atoms with Gasteiger partial charge in [-0.15, -0.1) is 0 Å². The van der Waals surface area contributed by atoms with Gasteiger partial charge in [-0.05, 0) is 12.8 Å². The van der Waals surface area contributed by atoms with E-state index in [2.05, 4.69) is 10.3 Å². The van der Waals surface area contributed by atoms with Crippen molar-refractivity contribution < 1.29 is 13.2 Å². The zero-order chi connectivity index (χ0) is 12.0. The van der Waals surface area contributed by atoms with Crippen LogP contribution in [0.2, 0.25) is 0 Å². The highest BCUT2D eigenvalue weighted by molar-refractivity contribution is 5.39. The highest BCUT2D eigenvalue weighted by atomic mass is 19.4. The van der Waals surface area contributed by atoms with Crippen LogP contribution in [0.3, 0.4) is 0 Å². The lowest BCUT2D eigenvalue weighted by Crippen LogP contribution is -2.41. The number of anilines is 1. The minimum Gasteiger partial charge on any atom is -0.352 e. The summed E-state index contributed by atoms with van der Waals surface area (Å²) in [6.45, 7) is 0. The molecule has 1 fully saturated rings. The van der Waals surface area contributed by atoms with Crippen LogP contribution in [0.25, 0.3) is 0 Å². The first-order valence-electron chi connectivity index (χ1n) is 4.72. The fourth-order valence-corrected chi connectivity index (χ4v) is 1.41. The van der Waals surface area contributed by atoms with Crippen LogP contribution in [0.4, 0.5) is 19.0 Å². The van der Waals surface area contributed by atoms with E-state index in [1.807, 2.05) is 0 Å². The van der Waals surface area contributed by atoms with Gasteiger partial charge in [0.25, 0.3) is 5.56 Å². The van der Waals surface area contributed by atoms with E-state index in [-0.39, 0.29) is 18.7 Å². The number of halogens is 3. The zero-order valence-electron chi connectivity index (χ0n) is 8.51. The van der Waals surface area contributed by atoms with Crippen LogP contribution in [-0.4, -0.2) is 21.3 Å². The third kappa shape index (κ3) is 1.66. The first-order chi connectivity index (χ1) is 7.36. The van der Waals surface area contributed by atoms with Crippen molar-refractivity contribution >= 4 is 5.82 Å². The minimum absolute atomic E-state index is 0.0176. The van der Waals surface area contributed by atoms with Gasteiger partial charge in [0.15, 0.2) is 5.82 Å². The van der Waals surface area contributed by atoms with Crippen molar-refractivity contribution in [2.75, 3.05) is 5.32 Å². The van der Waals surface area contributed by atoms with Gasteiger partial charge in [0.05, 0.1) is 0 Å². The normalized spacial score (nSPS) is 18.2. The Labute approximate surface area is 89.1 Å². The molecule has 16 heavy (non-hydrogen) atoms. The average Bonchev–Trinajstić information content (AvgIpc) is 2.93. The van der Waals surface area contributed by atoms with Crippen molar-refractivity contribution in [3.05, 3.63) is 22.7 Å². The van der Waals surface area contributed by atoms with Crippen LogP contribution >= 0.6 is 0 Å². The number of nitrogens with one attached hydrogen (secondary N) is 1. The topological polar surface area (TPSA) is 46.9 Å². The van der Waals surface area contributed by atoms with E-state index < -0.39 is 17.3 Å². The molecule has 0 amide bonds. The summed E-state index contributed by atoms with van der Waals surface area (Å²) in [4.78, 5) is 15.1. The molecule has 1 aliphatic rings. The average molecular weight is 233 g/mol. The van der Waals surface area contributed by atoms with Gasteiger partial charge in [0, 0.05) is 19.4 Å². The molecule has 4 nitrogen and oxygen atoms in total. The molecule has 0 saturated heterocycles. The van der Waals surface area contributed by atoms with Gasteiger partial charge in [-0.25, -0.2) is 4.98 Å². The second kappa shape index (κ2) is 3.23. The third-order valence-corrected chi connectivity index (χ3v) is 2.67. The minimum atomic E-state index is -4.35. The number of nitrogens with zero attached hydrogens (tertiary/aromatic N) is 2. The van der Waals surface area contributed by atoms with Crippen molar-refractivity contribution in [2.24, 2.45) is 7.05 Å². The molecule has 7 heteroatoms. The molecule has 2 rings (SSSR count). The maximum Gasteiger partial charge on any atom is 0.411 e. The molecule has 0 unspecified atom stereocenters. The van der Waals surface area contributed by atoms with Crippen molar-refractivity contribution in [2.45, 2.75) is 24.6 Å². The summed E-state index contributed by atoms with van der Waals surface area (Å²) in [5, 5.41) is 2.21. The van der Waals surface area contributed by atoms with E-state index >= 15 is 0 Å². The van der Waals surface area contributed by atoms with Gasteiger partial charge in [-0.1, -0.05) is 0 Å². The SMILES string of the molecule is Cn1ccnc(NC2(C(F)(F)F)CC2)c1=O. The third-order valence-electron chi connectivity index (χ3n) is 2.67. The molecule has 1 saturated carbocycles. The molecule has 0 aromatic carbocycles. The summed E-state index contributed by atoms with van der Waals surface area (Å²) in [5.41, 5.74) is -2.51. The van der Waals surface area contributed by atoms with E-state index in [9.17, 15) is 18.0 Å². The van der Waals surface area contributed by atoms with E-state index in [0.29, 0.717) is 0 Å². The summed E-state index contributed by atoms with van der Waals surface area (Å²) in [6, 6.07) is 0. The fourth-order valence-electron chi connectivity index (χ4n) is 1.41. The maximum atomic E-state index is 12.6. The first-order valence-corrected chi connectivity index (χ1v) is 4.72. The molecule has 1 N–H and O–H groups in total. The zero-order valence-corrected chi connectivity index (χ0v) is 8.51. The van der Waals surface area contributed by atoms with Crippen LogP contribution in [0.1, 0.15) is 12.8 Å². The Balaban J connectivity index is 2.29. The van der Waals surface area contributed by atoms with Gasteiger partial charge < -0.3 is 9.88 Å². The molecule has 0 aliphatic heterocycles. The van der Waals surface area contributed by atoms with Crippen molar-refractivity contribution in [3.8, 4) is 0 Å². The van der Waals surface area contributed by atoms with Crippen LogP contribution < -0.4 is 10.9 Å². The second-order valence-corrected chi connectivity index (χ2v) is 3.90. The van der Waals surface area contributed by atoms with Gasteiger partial charge in [0.2, 0.25) is 0 Å². The van der Waals surface area contributed by atoms with Crippen LogP contribution in [0, 0.1) is 0 Å². The molecular formula is C9H10F3N3O. The summed E-state index contributed by atoms with van der Waals surface area (Å²) in [6.07, 6.45) is -1.71. The lowest BCUT2D eigenvalue weighted by atomic mass is 10.2. The number of hydrogen-bond acceptors (Lipinski definition) is 3. The molecule has 1 aromatic heterocycles. The molecule has 1 heterocycles. The summed E-state index contributed by atoms with van der Waals surface area (Å²) < 4.78 is 39.0. The van der Waals surface area contributed by atoms with E-state index in [0.717, 1.165) is 0 Å². The maximum absolute atomic E-state index is 12.6. The Morgan fingerprint density at radius 3 is 2.62 bits per heavy atom. The van der Waals surface area contributed by atoms with Crippen LogP contribution in [0.5, 0.6) is 0 Å². The Morgan fingerprint density at radius 2 is 2.12 bits per heavy atom. The second-order valence-electron chi connectivity index (χ2n) is 3.90. The molecule has 0 spiro atoms. The summed E-state index contributed by atoms with van der Waals surface area (Å²) in [5.74, 6) is -0.250. The Bertz CT molecular complexity index is 462. The molecular weight excluding hydrogens is 223 g/mol. The summed E-state index contributed by atoms with van der Waals surface area (Å²) in [7, 11) is 1.46. The predicted molar refractivity (Wildman–Crippen MR) is 51.1 cm³/mol. The Hall–Kier alpha value is -1.53. The van der Waals surface area contributed by atoms with Gasteiger partial charge >= 0.3 is 6.18 Å². The highest BCUT2D eigenvalue weighted by Crippen LogP contribution is 2.50. The fraction of sp³-hybridized carbons (Fsp3) is 0.556. The number of aryl methyl sites for hydroxylation is 1. The number of hydrogen-bond donors (Lipinski definition) is 1. The summed E-state index contributed by atoms with van der Waals surface area (Å²) >= 11 is 0. The van der Waals surface area contributed by atoms with E-state index in [1.54, 1.807) is 0 Å². The smallest absolute Gasteiger partial charge is 0.352 e. The van der Waals surface area contributed by atoms with Gasteiger partial charge in [-0.2, -0.15) is 13.2 Å². The Morgan fingerprint density at radius 1 is 1.50 bits per heavy atom. The highest BCUT2D eigenvalue weighted by Gasteiger charge is 2.64. The molecule has 1 aromatic rings. The molecule has 1 aliphatic carbocycles. The standard InChI is InChI=1S/C9H10F3N3O/c1-15-5-4-13-6(7(15)16)14-8(2-3-8)9(10,11)12/h4-5H,2-3H2,1H3,(H,13,14). The lowest BCUT2D eigenvalue weighted by molar-refractivity contribution is -0.151. The van der Waals surface area contributed by atoms with E-state index in [4.69, 9.17) is 0 Å². The lowest BCUT2D eigenvalue weighted by Gasteiger charge is -2.20. The van der Waals surface area contributed by atoms with E-state index in [1.165, 1.54) is 24.0 Å². The quantitative estimate of drug-likeness (QED) is 0.837. The van der Waals surface area contributed by atoms with Crippen LogP contribution in [0.15, 0.2) is 17.2 Å². The number of rotatable bonds is 2. The largest absolute Gasteiger partial charge is 0.411 e. The van der Waals surface area contributed by atoms with Gasteiger partial charge in [-0.3, -0.25) is 4.79 Å². The van der Waals surface area contributed by atoms with Crippen molar-refractivity contribution in [3.63, 3.8) is 0 Å². The predicted octanol–water partition coefficient (Wildman–Crippen LogP) is 1.29. The van der Waals surface area contributed by atoms with Crippen LogP contribution in [-0.2, 0) is 7.05 Å². The first kappa shape index (κ1) is 11.0. The van der Waals surface area contributed by atoms with Crippen molar-refractivity contribution in [1.82, 2.24) is 9.55 Å². The molecule has 0 atom stereocenters. The molecule has 88 valence electrons.